The molecule has 0 saturated carbocycles. The molecule has 0 spiro atoms. The van der Waals surface area contributed by atoms with Gasteiger partial charge in [0.15, 0.2) is 0 Å². The van der Waals surface area contributed by atoms with Gasteiger partial charge in [-0.25, -0.2) is 0 Å². The topological polar surface area (TPSA) is 174 Å². The Bertz CT molecular complexity index is 874. The van der Waals surface area contributed by atoms with Crippen LogP contribution in [0, 0.1) is 30.3 Å². The number of amidine groups is 1. The fourth-order valence-electron chi connectivity index (χ4n) is 3.04. The lowest BCUT2D eigenvalue weighted by molar-refractivity contribution is -0.488. The summed E-state index contributed by atoms with van der Waals surface area (Å²) in [6.07, 6.45) is 0. The van der Waals surface area contributed by atoms with E-state index >= 15 is 0 Å². The molecule has 0 radical (unpaired) electrons. The van der Waals surface area contributed by atoms with Crippen molar-refractivity contribution >= 4 is 28.6 Å². The third-order valence-corrected chi connectivity index (χ3v) is 4.14. The fourth-order valence-corrected chi connectivity index (χ4v) is 3.04. The first-order chi connectivity index (χ1) is 13.0. The molecule has 0 aromatic heterocycles. The zero-order valence-corrected chi connectivity index (χ0v) is 15.6. The van der Waals surface area contributed by atoms with E-state index in [1.807, 2.05) is 23.6 Å². The molecule has 0 saturated heterocycles. The van der Waals surface area contributed by atoms with Crippen LogP contribution in [0.3, 0.4) is 0 Å². The first-order valence-electron chi connectivity index (χ1n) is 7.99. The van der Waals surface area contributed by atoms with Gasteiger partial charge in [-0.1, -0.05) is 0 Å². The van der Waals surface area contributed by atoms with Crippen LogP contribution in [0.2, 0.25) is 0 Å². The maximum Gasteiger partial charge on any atom is 0.287 e. The summed E-state index contributed by atoms with van der Waals surface area (Å²) in [5.74, 6) is 0.833. The van der Waals surface area contributed by atoms with Crippen LogP contribution in [0.5, 0.6) is 0 Å². The third kappa shape index (κ3) is 3.99. The predicted octanol–water partition coefficient (Wildman–Crippen LogP) is 2.55. The maximum atomic E-state index is 11.2. The van der Waals surface area contributed by atoms with Crippen LogP contribution < -0.4 is 0 Å². The molecule has 14 nitrogen and oxygen atoms in total. The smallest absolute Gasteiger partial charge is 0.287 e. The van der Waals surface area contributed by atoms with E-state index in [2.05, 4.69) is 15.8 Å². The molecule has 0 amide bonds. The summed E-state index contributed by atoms with van der Waals surface area (Å²) in [5.41, 5.74) is -0.109. The van der Waals surface area contributed by atoms with Crippen LogP contribution >= 0.6 is 0 Å². The highest BCUT2D eigenvalue weighted by molar-refractivity contribution is 5.89. The molecule has 0 atom stereocenters. The van der Waals surface area contributed by atoms with Crippen molar-refractivity contribution in [1.82, 2.24) is 4.90 Å². The summed E-state index contributed by atoms with van der Waals surface area (Å²) < 4.78 is 1.97. The Kier molecular flexibility index (Phi) is 5.51. The number of nitrogens with zero attached hydrogens (tertiary/aromatic N) is 8. The zero-order valence-electron chi connectivity index (χ0n) is 15.6. The lowest BCUT2D eigenvalue weighted by Crippen LogP contribution is -2.42. The average molecular weight is 394 g/mol. The first-order valence-corrected chi connectivity index (χ1v) is 7.99. The van der Waals surface area contributed by atoms with Gasteiger partial charge in [-0.3, -0.25) is 45.0 Å². The van der Waals surface area contributed by atoms with Crippen LogP contribution in [0.25, 0.3) is 5.43 Å². The number of non-ortho nitro benzene ring substituents is 1. The molecule has 1 aliphatic rings. The molecular formula is C14H18N8O6. The second-order valence-electron chi connectivity index (χ2n) is 6.62. The summed E-state index contributed by atoms with van der Waals surface area (Å²) in [6.45, 7) is 5.05. The molecule has 14 heteroatoms. The Balaban J connectivity index is 2.45. The Morgan fingerprint density at radius 3 is 2.04 bits per heavy atom. The summed E-state index contributed by atoms with van der Waals surface area (Å²) in [7, 11) is 3.75. The summed E-state index contributed by atoms with van der Waals surface area (Å²) in [4.78, 5) is 32.4. The number of nitro benzene ring substituents is 3. The van der Waals surface area contributed by atoms with Crippen LogP contribution in [0.1, 0.15) is 13.8 Å². The van der Waals surface area contributed by atoms with Gasteiger partial charge in [0.1, 0.15) is 18.8 Å². The van der Waals surface area contributed by atoms with E-state index in [9.17, 15) is 30.3 Å². The first kappa shape index (κ1) is 20.6. The SMILES string of the molecule is CN1CC[N+](C)=C1C(C)(C)[N-]N=Nc1c([N+](=O)[O-])cc([N+](=O)[O-])cc1[N+](=O)[O-]. The van der Waals surface area contributed by atoms with Gasteiger partial charge in [-0.15, -0.1) is 0 Å². The Morgan fingerprint density at radius 2 is 1.64 bits per heavy atom. The molecule has 0 unspecified atom stereocenters. The number of likely N-dealkylation sites (N-methyl/N-ethyl adjacent to an activating group) is 2. The predicted molar refractivity (Wildman–Crippen MR) is 97.0 cm³/mol. The van der Waals surface area contributed by atoms with E-state index in [1.54, 1.807) is 13.8 Å². The van der Waals surface area contributed by atoms with Crippen molar-refractivity contribution in [2.75, 3.05) is 27.2 Å². The van der Waals surface area contributed by atoms with Gasteiger partial charge in [0.05, 0.1) is 46.5 Å². The van der Waals surface area contributed by atoms with Crippen molar-refractivity contribution in [1.29, 1.82) is 0 Å². The zero-order chi connectivity index (χ0) is 21.2. The normalized spacial score (nSPS) is 14.6. The van der Waals surface area contributed by atoms with E-state index in [0.717, 1.165) is 18.9 Å². The van der Waals surface area contributed by atoms with Crippen LogP contribution in [0.15, 0.2) is 22.5 Å². The number of hydrogen-bond acceptors (Lipinski definition) is 9. The number of benzene rings is 1. The fraction of sp³-hybridized carbons (Fsp3) is 0.500. The average Bonchev–Trinajstić information content (AvgIpc) is 2.93. The highest BCUT2D eigenvalue weighted by Crippen LogP contribution is 2.41. The van der Waals surface area contributed by atoms with Crippen LogP contribution in [-0.2, 0) is 0 Å². The van der Waals surface area contributed by atoms with E-state index in [1.165, 1.54) is 0 Å². The minimum Gasteiger partial charge on any atom is -0.363 e. The highest BCUT2D eigenvalue weighted by atomic mass is 16.6. The maximum absolute atomic E-state index is 11.2. The van der Waals surface area contributed by atoms with Crippen molar-refractivity contribution in [3.8, 4) is 0 Å². The monoisotopic (exact) mass is 394 g/mol. The van der Waals surface area contributed by atoms with Crippen molar-refractivity contribution in [2.24, 2.45) is 10.3 Å². The molecule has 0 bridgehead atoms. The number of rotatable bonds is 7. The Morgan fingerprint density at radius 1 is 1.11 bits per heavy atom. The van der Waals surface area contributed by atoms with Crippen molar-refractivity contribution in [2.45, 2.75) is 19.4 Å². The van der Waals surface area contributed by atoms with E-state index in [4.69, 9.17) is 0 Å². The van der Waals surface area contributed by atoms with Gasteiger partial charge in [0.25, 0.3) is 22.9 Å². The molecule has 1 aliphatic heterocycles. The van der Waals surface area contributed by atoms with Crippen LogP contribution in [-0.4, -0.2) is 62.8 Å². The van der Waals surface area contributed by atoms with E-state index in [-0.39, 0.29) is 0 Å². The van der Waals surface area contributed by atoms with Gasteiger partial charge in [0.2, 0.25) is 0 Å². The lowest BCUT2D eigenvalue weighted by Gasteiger charge is -2.29. The van der Waals surface area contributed by atoms with Crippen molar-refractivity contribution in [3.05, 3.63) is 47.9 Å². The quantitative estimate of drug-likeness (QED) is 0.295. The minimum absolute atomic E-state index is 0.597. The van der Waals surface area contributed by atoms with Gasteiger partial charge in [0, 0.05) is 0 Å². The standard InChI is InChI=1S/C14H18N8O6/c1-14(2,13-18(3)5-6-19(13)4)16-17-15-12-10(21(25)26)7-9(20(23)24)8-11(12)22(27)28/h7-8H,5-6H2,1-4H3. The minimum atomic E-state index is -0.993. The summed E-state index contributed by atoms with van der Waals surface area (Å²) in [6, 6.07) is 1.19. The summed E-state index contributed by atoms with van der Waals surface area (Å²) >= 11 is 0. The van der Waals surface area contributed by atoms with Gasteiger partial charge < -0.3 is 10.5 Å². The second-order valence-corrected chi connectivity index (χ2v) is 6.62. The molecule has 0 fully saturated rings. The second kappa shape index (κ2) is 7.50. The Labute approximate surface area is 158 Å². The number of nitro groups is 3. The molecule has 28 heavy (non-hydrogen) atoms. The Hall–Kier alpha value is -3.71. The highest BCUT2D eigenvalue weighted by Gasteiger charge is 2.36. The molecule has 0 N–H and O–H groups in total. The molecule has 1 aromatic carbocycles. The van der Waals surface area contributed by atoms with Crippen molar-refractivity contribution in [3.63, 3.8) is 0 Å². The van der Waals surface area contributed by atoms with Gasteiger partial charge >= 0.3 is 0 Å². The summed E-state index contributed by atoms with van der Waals surface area (Å²) in [5, 5.41) is 40.5. The van der Waals surface area contributed by atoms with E-state index in [0.29, 0.717) is 12.1 Å². The van der Waals surface area contributed by atoms with Crippen LogP contribution in [0.4, 0.5) is 22.7 Å². The van der Waals surface area contributed by atoms with Gasteiger partial charge in [-0.05, 0) is 13.8 Å². The molecule has 1 aromatic rings. The molecule has 150 valence electrons. The number of hydrogen-bond donors (Lipinski definition) is 0. The molecule has 2 rings (SSSR count). The molecular weight excluding hydrogens is 376 g/mol. The third-order valence-electron chi connectivity index (χ3n) is 4.14. The largest absolute Gasteiger partial charge is 0.363 e. The van der Waals surface area contributed by atoms with Gasteiger partial charge in [-0.2, -0.15) is 0 Å². The lowest BCUT2D eigenvalue weighted by atomic mass is 10.0. The van der Waals surface area contributed by atoms with Crippen molar-refractivity contribution < 1.29 is 19.3 Å². The molecule has 0 aliphatic carbocycles. The molecule has 1 heterocycles. The van der Waals surface area contributed by atoms with E-state index < -0.39 is 43.1 Å².